The summed E-state index contributed by atoms with van der Waals surface area (Å²) in [6.45, 7) is 6.27. The van der Waals surface area contributed by atoms with Crippen molar-refractivity contribution in [2.24, 2.45) is 21.5 Å². The maximum atomic E-state index is 13.6. The molecule has 1 aromatic heterocycles. The van der Waals surface area contributed by atoms with E-state index in [4.69, 9.17) is 16.2 Å². The van der Waals surface area contributed by atoms with Gasteiger partial charge in [-0.3, -0.25) is 9.59 Å². The number of pyridine rings is 1. The monoisotopic (exact) mass is 577 g/mol. The number of ether oxygens (including phenoxy) is 1. The molecule has 42 heavy (non-hydrogen) atoms. The van der Waals surface area contributed by atoms with E-state index in [1.807, 2.05) is 6.07 Å². The van der Waals surface area contributed by atoms with Gasteiger partial charge in [-0.1, -0.05) is 32.0 Å². The summed E-state index contributed by atoms with van der Waals surface area (Å²) in [6, 6.07) is 7.43. The molecule has 222 valence electrons. The van der Waals surface area contributed by atoms with Gasteiger partial charge < -0.3 is 47.3 Å². The van der Waals surface area contributed by atoms with E-state index < -0.39 is 41.4 Å². The van der Waals surface area contributed by atoms with Gasteiger partial charge in [-0.05, 0) is 37.0 Å². The van der Waals surface area contributed by atoms with Crippen LogP contribution in [0.15, 0.2) is 46.4 Å². The number of nitrogens with zero attached hydrogens (tertiary/aromatic N) is 4. The largest absolute Gasteiger partial charge is 0.492 e. The summed E-state index contributed by atoms with van der Waals surface area (Å²) < 4.78 is 5.90. The number of rotatable bonds is 5. The van der Waals surface area contributed by atoms with Crippen LogP contribution in [0, 0.1) is 6.92 Å². The highest BCUT2D eigenvalue weighted by atomic mass is 16.5. The fourth-order valence-corrected chi connectivity index (χ4v) is 6.39. The lowest BCUT2D eigenvalue weighted by Crippen LogP contribution is -2.78. The Bertz CT molecular complexity index is 1520. The highest BCUT2D eigenvalue weighted by Gasteiger charge is 2.73. The Morgan fingerprint density at radius 3 is 2.67 bits per heavy atom. The number of para-hydroxylation sites is 1. The Kier molecular flexibility index (Phi) is 6.31. The van der Waals surface area contributed by atoms with Gasteiger partial charge in [0.1, 0.15) is 23.5 Å². The summed E-state index contributed by atoms with van der Waals surface area (Å²) in [5.41, 5.74) is 12.6. The van der Waals surface area contributed by atoms with E-state index in [9.17, 15) is 19.8 Å². The van der Waals surface area contributed by atoms with Crippen molar-refractivity contribution < 1.29 is 24.5 Å². The van der Waals surface area contributed by atoms with Gasteiger partial charge in [-0.25, -0.2) is 15.0 Å². The predicted molar refractivity (Wildman–Crippen MR) is 153 cm³/mol. The number of carbonyl (C=O) groups is 2. The Balaban J connectivity index is 1.26. The molecule has 1 saturated heterocycles. The Morgan fingerprint density at radius 1 is 1.14 bits per heavy atom. The van der Waals surface area contributed by atoms with Gasteiger partial charge in [-0.2, -0.15) is 0 Å². The predicted octanol–water partition coefficient (Wildman–Crippen LogP) is -1.35. The molecule has 0 radical (unpaired) electrons. The second-order valence-corrected chi connectivity index (χ2v) is 11.8. The van der Waals surface area contributed by atoms with Crippen LogP contribution in [0.1, 0.15) is 52.4 Å². The molecule has 9 N–H and O–H groups in total. The highest BCUT2D eigenvalue weighted by molar-refractivity contribution is 5.98. The average molecular weight is 578 g/mol. The van der Waals surface area contributed by atoms with Crippen molar-refractivity contribution in [3.8, 4) is 5.75 Å². The van der Waals surface area contributed by atoms with Crippen LogP contribution >= 0.6 is 0 Å². The summed E-state index contributed by atoms with van der Waals surface area (Å²) in [5, 5.41) is 31.9. The third-order valence-electron chi connectivity index (χ3n) is 8.66. The van der Waals surface area contributed by atoms with Crippen LogP contribution in [-0.2, 0) is 5.41 Å². The average Bonchev–Trinajstić information content (AvgIpc) is 3.40. The van der Waals surface area contributed by atoms with Crippen LogP contribution in [0.2, 0.25) is 0 Å². The molecule has 2 unspecified atom stereocenters. The number of aliphatic imine (C=N–C) groups is 2. The first kappa shape index (κ1) is 27.7. The highest BCUT2D eigenvalue weighted by Crippen LogP contribution is 2.45. The second-order valence-electron chi connectivity index (χ2n) is 11.8. The molecule has 0 bridgehead atoms. The molecular formula is C28H35N9O5. The Hall–Kier alpha value is -4.43. The van der Waals surface area contributed by atoms with Crippen LogP contribution in [0.4, 0.5) is 0 Å². The van der Waals surface area contributed by atoms with Crippen LogP contribution < -0.4 is 32.2 Å². The van der Waals surface area contributed by atoms with Crippen molar-refractivity contribution in [2.75, 3.05) is 19.7 Å². The maximum absolute atomic E-state index is 13.6. The molecule has 1 fully saturated rings. The zero-order valence-corrected chi connectivity index (χ0v) is 23.6. The van der Waals surface area contributed by atoms with Gasteiger partial charge in [0.15, 0.2) is 17.6 Å². The van der Waals surface area contributed by atoms with Gasteiger partial charge in [0.2, 0.25) is 5.79 Å². The van der Waals surface area contributed by atoms with Crippen molar-refractivity contribution in [1.29, 1.82) is 0 Å². The first-order valence-electron chi connectivity index (χ1n) is 13.8. The number of nitrogens with two attached hydrogens (primary N) is 2. The van der Waals surface area contributed by atoms with E-state index in [-0.39, 0.29) is 41.7 Å². The minimum atomic E-state index is -2.62. The van der Waals surface area contributed by atoms with Crippen molar-refractivity contribution in [1.82, 2.24) is 25.8 Å². The normalized spacial score (nSPS) is 28.2. The molecule has 14 nitrogen and oxygen atoms in total. The molecule has 1 aromatic carbocycles. The first-order valence-corrected chi connectivity index (χ1v) is 13.8. The molecule has 0 saturated carbocycles. The number of hydrogen-bond acceptors (Lipinski definition) is 12. The quantitative estimate of drug-likeness (QED) is 0.208. The lowest BCUT2D eigenvalue weighted by atomic mass is 9.79. The van der Waals surface area contributed by atoms with Gasteiger partial charge in [0.25, 0.3) is 11.8 Å². The topological polar surface area (TPSA) is 213 Å². The number of hydrogen-bond donors (Lipinski definition) is 7. The molecule has 4 aliphatic rings. The summed E-state index contributed by atoms with van der Waals surface area (Å²) in [4.78, 5) is 41.0. The van der Waals surface area contributed by atoms with Crippen molar-refractivity contribution in [3.05, 3.63) is 58.9 Å². The summed E-state index contributed by atoms with van der Waals surface area (Å²) in [7, 11) is 0. The molecule has 2 aromatic rings. The second kappa shape index (κ2) is 9.56. The number of aliphatic hydroxyl groups is 2. The lowest BCUT2D eigenvalue weighted by molar-refractivity contribution is -0.230. The number of amides is 2. The fourth-order valence-electron chi connectivity index (χ4n) is 6.39. The van der Waals surface area contributed by atoms with E-state index >= 15 is 0 Å². The summed E-state index contributed by atoms with van der Waals surface area (Å²) in [6.07, 6.45) is 0.803. The van der Waals surface area contributed by atoms with Gasteiger partial charge in [0.05, 0.1) is 18.2 Å². The van der Waals surface area contributed by atoms with Crippen molar-refractivity contribution in [2.45, 2.75) is 62.2 Å². The third-order valence-corrected chi connectivity index (χ3v) is 8.66. The zero-order valence-electron chi connectivity index (χ0n) is 23.6. The molecule has 0 aliphatic carbocycles. The minimum Gasteiger partial charge on any atom is -0.492 e. The molecule has 6 rings (SSSR count). The van der Waals surface area contributed by atoms with Crippen molar-refractivity contribution >= 4 is 23.7 Å². The van der Waals surface area contributed by atoms with E-state index in [1.54, 1.807) is 37.3 Å². The SMILES string of the molecule is Cc1cccc(C(=O)NC[C@@H]2N=C(N)N3CC(NC(=O)c4cccc5c4OCCC5(C)C)C(O)(O)C34NC(N)=N[C@@H]24)n1. The van der Waals surface area contributed by atoms with Crippen LogP contribution in [-0.4, -0.2) is 93.1 Å². The Labute approximate surface area is 242 Å². The van der Waals surface area contributed by atoms with Crippen LogP contribution in [0.25, 0.3) is 0 Å². The van der Waals surface area contributed by atoms with E-state index in [2.05, 4.69) is 44.8 Å². The number of aryl methyl sites for hydroxylation is 1. The van der Waals surface area contributed by atoms with Gasteiger partial charge >= 0.3 is 0 Å². The first-order chi connectivity index (χ1) is 19.8. The van der Waals surface area contributed by atoms with E-state index in [1.165, 1.54) is 4.90 Å². The number of fused-ring (bicyclic) bond motifs is 1. The number of carbonyl (C=O) groups excluding carboxylic acids is 2. The molecule has 14 heteroatoms. The van der Waals surface area contributed by atoms with E-state index in [0.717, 1.165) is 12.0 Å². The minimum absolute atomic E-state index is 0.0250. The molecule has 1 spiro atoms. The Morgan fingerprint density at radius 2 is 1.90 bits per heavy atom. The molecule has 2 amide bonds. The number of guanidine groups is 2. The standard InChI is InChI=1S/C28H35N9O5/c1-14-6-4-9-17(32-14)23(39)31-12-18-21-27(36-24(29)35-21)28(40,41)19(13-37(27)25(30)33-18)34-22(38)15-7-5-8-16-20(15)42-11-10-26(16,2)3/h4-9,18-19,21,40-41H,10-13H2,1-3H3,(H2,30,33)(H,31,39)(H,34,38)(H3,29,35,36)/t18-,19?,21-,27?/m0/s1. The molecular weight excluding hydrogens is 542 g/mol. The number of aromatic nitrogens is 1. The summed E-state index contributed by atoms with van der Waals surface area (Å²) >= 11 is 0. The van der Waals surface area contributed by atoms with Crippen LogP contribution in [0.3, 0.4) is 0 Å². The molecule has 4 atom stereocenters. The van der Waals surface area contributed by atoms with Crippen molar-refractivity contribution in [3.63, 3.8) is 0 Å². The lowest BCUT2D eigenvalue weighted by Gasteiger charge is -2.49. The zero-order chi connectivity index (χ0) is 30.0. The van der Waals surface area contributed by atoms with Gasteiger partial charge in [-0.15, -0.1) is 0 Å². The third kappa shape index (κ3) is 4.12. The number of nitrogens with one attached hydrogen (secondary N) is 3. The smallest absolute Gasteiger partial charge is 0.269 e. The summed E-state index contributed by atoms with van der Waals surface area (Å²) in [5.74, 6) is -3.19. The fraction of sp³-hybridized carbons (Fsp3) is 0.464. The number of benzene rings is 1. The van der Waals surface area contributed by atoms with Gasteiger partial charge in [0, 0.05) is 24.3 Å². The van der Waals surface area contributed by atoms with E-state index in [0.29, 0.717) is 18.1 Å². The molecule has 5 heterocycles. The van der Waals surface area contributed by atoms with Crippen LogP contribution in [0.5, 0.6) is 5.75 Å². The maximum Gasteiger partial charge on any atom is 0.269 e. The molecule has 4 aliphatic heterocycles.